The van der Waals surface area contributed by atoms with Crippen molar-refractivity contribution in [2.75, 3.05) is 33.0 Å². The summed E-state index contributed by atoms with van der Waals surface area (Å²) in [4.78, 5) is 11.6. The van der Waals surface area contributed by atoms with E-state index in [1.807, 2.05) is 6.92 Å². The Morgan fingerprint density at radius 3 is 2.47 bits per heavy atom. The van der Waals surface area contributed by atoms with E-state index in [1.165, 1.54) is 0 Å². The number of aliphatic hydroxyl groups is 2. The zero-order valence-corrected chi connectivity index (χ0v) is 10.6. The largest absolute Gasteiger partial charge is 0.463 e. The van der Waals surface area contributed by atoms with Crippen LogP contribution in [0.1, 0.15) is 32.6 Å². The Kier molecular flexibility index (Phi) is 11.4. The monoisotopic (exact) mass is 248 g/mol. The van der Waals surface area contributed by atoms with Crippen LogP contribution < -0.4 is 0 Å². The fourth-order valence-corrected chi connectivity index (χ4v) is 1.52. The molecule has 0 rings (SSSR count). The molecule has 17 heavy (non-hydrogen) atoms. The maximum Gasteiger partial charge on any atom is 0.309 e. The lowest BCUT2D eigenvalue weighted by atomic mass is 9.99. The Hall–Kier alpha value is -0.650. The summed E-state index contributed by atoms with van der Waals surface area (Å²) in [6.07, 6.45) is 2.81. The minimum absolute atomic E-state index is 0.0456. The van der Waals surface area contributed by atoms with Gasteiger partial charge in [0.2, 0.25) is 0 Å². The molecular weight excluding hydrogens is 224 g/mol. The maximum absolute atomic E-state index is 11.6. The molecule has 0 radical (unpaired) electrons. The molecule has 0 aromatic heterocycles. The third-order valence-electron chi connectivity index (χ3n) is 2.44. The lowest BCUT2D eigenvalue weighted by Crippen LogP contribution is -2.21. The molecule has 0 aliphatic carbocycles. The molecule has 0 aliphatic heterocycles. The highest BCUT2D eigenvalue weighted by Gasteiger charge is 2.19. The van der Waals surface area contributed by atoms with Gasteiger partial charge in [-0.3, -0.25) is 4.79 Å². The molecule has 102 valence electrons. The Morgan fingerprint density at radius 2 is 1.88 bits per heavy atom. The number of hydrogen-bond acceptors (Lipinski definition) is 5. The number of rotatable bonds is 11. The summed E-state index contributed by atoms with van der Waals surface area (Å²) in [7, 11) is 0. The van der Waals surface area contributed by atoms with Crippen molar-refractivity contribution in [3.63, 3.8) is 0 Å². The lowest BCUT2D eigenvalue weighted by Gasteiger charge is -2.15. The molecule has 5 heteroatoms. The van der Waals surface area contributed by atoms with Crippen molar-refractivity contribution in [3.8, 4) is 0 Å². The van der Waals surface area contributed by atoms with E-state index < -0.39 is 0 Å². The molecule has 2 N–H and O–H groups in total. The quantitative estimate of drug-likeness (QED) is 0.416. The molecule has 0 heterocycles. The van der Waals surface area contributed by atoms with Gasteiger partial charge in [0.05, 0.1) is 12.5 Å². The van der Waals surface area contributed by atoms with E-state index >= 15 is 0 Å². The van der Waals surface area contributed by atoms with Gasteiger partial charge in [-0.05, 0) is 26.2 Å². The summed E-state index contributed by atoms with van der Waals surface area (Å²) >= 11 is 0. The van der Waals surface area contributed by atoms with E-state index in [9.17, 15) is 4.79 Å². The van der Waals surface area contributed by atoms with E-state index in [0.29, 0.717) is 32.5 Å². The first-order valence-electron chi connectivity index (χ1n) is 6.22. The second kappa shape index (κ2) is 11.8. The summed E-state index contributed by atoms with van der Waals surface area (Å²) in [5, 5.41) is 17.3. The smallest absolute Gasteiger partial charge is 0.309 e. The van der Waals surface area contributed by atoms with Crippen LogP contribution in [0.3, 0.4) is 0 Å². The highest BCUT2D eigenvalue weighted by atomic mass is 16.5. The Labute approximate surface area is 103 Å². The minimum atomic E-state index is -0.281. The maximum atomic E-state index is 11.6. The molecule has 0 bridgehead atoms. The van der Waals surface area contributed by atoms with Crippen molar-refractivity contribution in [2.45, 2.75) is 32.6 Å². The van der Waals surface area contributed by atoms with Crippen LogP contribution in [-0.4, -0.2) is 49.2 Å². The van der Waals surface area contributed by atoms with Crippen molar-refractivity contribution in [1.82, 2.24) is 0 Å². The van der Waals surface area contributed by atoms with E-state index in [1.54, 1.807) is 0 Å². The SMILES string of the molecule is CCOCCC(CCCCO)C(=O)OCCO. The Morgan fingerprint density at radius 1 is 1.12 bits per heavy atom. The number of ether oxygens (including phenoxy) is 2. The highest BCUT2D eigenvalue weighted by molar-refractivity contribution is 5.72. The van der Waals surface area contributed by atoms with E-state index in [0.717, 1.165) is 6.42 Å². The van der Waals surface area contributed by atoms with Crippen LogP contribution in [0.2, 0.25) is 0 Å². The normalized spacial score (nSPS) is 12.4. The van der Waals surface area contributed by atoms with Crippen LogP contribution in [0.25, 0.3) is 0 Å². The standard InChI is InChI=1S/C12H24O5/c1-2-16-9-6-11(5-3-4-7-13)12(15)17-10-8-14/h11,13-14H,2-10H2,1H3. The molecule has 0 saturated carbocycles. The Bertz CT molecular complexity index is 174. The van der Waals surface area contributed by atoms with E-state index in [4.69, 9.17) is 19.7 Å². The number of carbonyl (C=O) groups excluding carboxylic acids is 1. The fourth-order valence-electron chi connectivity index (χ4n) is 1.52. The molecule has 0 aromatic rings. The van der Waals surface area contributed by atoms with E-state index in [-0.39, 0.29) is 31.7 Å². The average molecular weight is 248 g/mol. The fraction of sp³-hybridized carbons (Fsp3) is 0.917. The van der Waals surface area contributed by atoms with Gasteiger partial charge in [-0.25, -0.2) is 0 Å². The molecule has 1 atom stereocenters. The van der Waals surface area contributed by atoms with Gasteiger partial charge in [-0.15, -0.1) is 0 Å². The summed E-state index contributed by atoms with van der Waals surface area (Å²) in [5.41, 5.74) is 0. The topological polar surface area (TPSA) is 76.0 Å². The van der Waals surface area contributed by atoms with Crippen LogP contribution in [0.15, 0.2) is 0 Å². The van der Waals surface area contributed by atoms with Gasteiger partial charge in [-0.2, -0.15) is 0 Å². The minimum Gasteiger partial charge on any atom is -0.463 e. The third-order valence-corrected chi connectivity index (χ3v) is 2.44. The van der Waals surface area contributed by atoms with Crippen molar-refractivity contribution < 1.29 is 24.5 Å². The lowest BCUT2D eigenvalue weighted by molar-refractivity contribution is -0.150. The summed E-state index contributed by atoms with van der Waals surface area (Å²) < 4.78 is 10.1. The van der Waals surface area contributed by atoms with Gasteiger partial charge in [-0.1, -0.05) is 6.42 Å². The molecule has 1 unspecified atom stereocenters. The molecule has 0 fully saturated rings. The van der Waals surface area contributed by atoms with Crippen molar-refractivity contribution in [1.29, 1.82) is 0 Å². The average Bonchev–Trinajstić information content (AvgIpc) is 2.34. The first-order chi connectivity index (χ1) is 8.26. The van der Waals surface area contributed by atoms with Gasteiger partial charge < -0.3 is 19.7 Å². The number of unbranched alkanes of at least 4 members (excludes halogenated alkanes) is 1. The molecular formula is C12H24O5. The summed E-state index contributed by atoms with van der Waals surface area (Å²) in [6.45, 7) is 3.11. The van der Waals surface area contributed by atoms with Gasteiger partial charge in [0.1, 0.15) is 6.61 Å². The first kappa shape index (κ1) is 16.4. The van der Waals surface area contributed by atoms with Crippen molar-refractivity contribution in [3.05, 3.63) is 0 Å². The van der Waals surface area contributed by atoms with Crippen LogP contribution in [0.4, 0.5) is 0 Å². The zero-order valence-electron chi connectivity index (χ0n) is 10.6. The zero-order chi connectivity index (χ0) is 12.9. The molecule has 0 aliphatic rings. The van der Waals surface area contributed by atoms with Crippen LogP contribution in [0, 0.1) is 5.92 Å². The molecule has 0 amide bonds. The van der Waals surface area contributed by atoms with Gasteiger partial charge >= 0.3 is 5.97 Å². The molecule has 5 nitrogen and oxygen atoms in total. The van der Waals surface area contributed by atoms with Gasteiger partial charge in [0.15, 0.2) is 0 Å². The number of aliphatic hydroxyl groups excluding tert-OH is 2. The molecule has 0 saturated heterocycles. The second-order valence-corrected chi connectivity index (χ2v) is 3.79. The number of carbonyl (C=O) groups is 1. The summed E-state index contributed by atoms with van der Waals surface area (Å²) in [5.74, 6) is -0.476. The summed E-state index contributed by atoms with van der Waals surface area (Å²) in [6, 6.07) is 0. The van der Waals surface area contributed by atoms with Gasteiger partial charge in [0, 0.05) is 19.8 Å². The first-order valence-corrected chi connectivity index (χ1v) is 6.22. The molecule has 0 spiro atoms. The van der Waals surface area contributed by atoms with Crippen LogP contribution in [-0.2, 0) is 14.3 Å². The second-order valence-electron chi connectivity index (χ2n) is 3.79. The number of hydrogen-bond donors (Lipinski definition) is 2. The predicted octanol–water partition coefficient (Wildman–Crippen LogP) is 0.727. The highest BCUT2D eigenvalue weighted by Crippen LogP contribution is 2.15. The van der Waals surface area contributed by atoms with E-state index in [2.05, 4.69) is 0 Å². The number of esters is 1. The van der Waals surface area contributed by atoms with Gasteiger partial charge in [0.25, 0.3) is 0 Å². The molecule has 0 aromatic carbocycles. The predicted molar refractivity (Wildman–Crippen MR) is 63.6 cm³/mol. The van der Waals surface area contributed by atoms with Crippen molar-refractivity contribution in [2.24, 2.45) is 5.92 Å². The third kappa shape index (κ3) is 9.09. The van der Waals surface area contributed by atoms with Crippen molar-refractivity contribution >= 4 is 5.97 Å². The van der Waals surface area contributed by atoms with Crippen LogP contribution in [0.5, 0.6) is 0 Å². The van der Waals surface area contributed by atoms with Crippen LogP contribution >= 0.6 is 0 Å². The Balaban J connectivity index is 3.94.